The molecule has 28 heavy (non-hydrogen) atoms. The molecule has 0 fully saturated rings. The third-order valence-electron chi connectivity index (χ3n) is 4.17. The Kier molecular flexibility index (Phi) is 6.17. The van der Waals surface area contributed by atoms with Gasteiger partial charge in [0, 0.05) is 6.21 Å². The molecular formula is C22H20ClNO3S. The number of aryl methyl sites for hydroxylation is 2. The Labute approximate surface area is 170 Å². The molecule has 0 heterocycles. The largest absolute Gasteiger partial charge is 0.377 e. The lowest BCUT2D eigenvalue weighted by Crippen LogP contribution is -2.10. The average Bonchev–Trinajstić information content (AvgIpc) is 2.69. The molecule has 3 aromatic rings. The number of benzene rings is 3. The van der Waals surface area contributed by atoms with Crippen molar-refractivity contribution in [2.45, 2.75) is 25.2 Å². The molecule has 0 bridgehead atoms. The van der Waals surface area contributed by atoms with Crippen LogP contribution >= 0.6 is 11.6 Å². The van der Waals surface area contributed by atoms with Crippen molar-refractivity contribution in [3.8, 4) is 5.75 Å². The van der Waals surface area contributed by atoms with Gasteiger partial charge in [-0.2, -0.15) is 8.42 Å². The lowest BCUT2D eigenvalue weighted by molar-refractivity contribution is 0.486. The van der Waals surface area contributed by atoms with E-state index in [-0.39, 0.29) is 15.7 Å². The molecule has 0 spiro atoms. The molecule has 6 heteroatoms. The van der Waals surface area contributed by atoms with Gasteiger partial charge in [-0.05, 0) is 66.9 Å². The summed E-state index contributed by atoms with van der Waals surface area (Å²) in [5, 5.41) is 0.195. The fraction of sp³-hybridized carbons (Fsp3) is 0.136. The first-order chi connectivity index (χ1) is 13.4. The van der Waals surface area contributed by atoms with E-state index in [2.05, 4.69) is 11.9 Å². The summed E-state index contributed by atoms with van der Waals surface area (Å²) in [4.78, 5) is 4.49. The van der Waals surface area contributed by atoms with Crippen LogP contribution in [0.3, 0.4) is 0 Å². The fourth-order valence-corrected chi connectivity index (χ4v) is 3.72. The van der Waals surface area contributed by atoms with E-state index >= 15 is 0 Å². The van der Waals surface area contributed by atoms with E-state index < -0.39 is 10.1 Å². The molecule has 0 aromatic heterocycles. The first-order valence-corrected chi connectivity index (χ1v) is 10.6. The maximum absolute atomic E-state index is 12.4. The minimum absolute atomic E-state index is 0.0756. The monoisotopic (exact) mass is 413 g/mol. The number of hydrogen-bond donors (Lipinski definition) is 0. The summed E-state index contributed by atoms with van der Waals surface area (Å²) >= 11 is 6.22. The van der Waals surface area contributed by atoms with E-state index in [9.17, 15) is 8.42 Å². The summed E-state index contributed by atoms with van der Waals surface area (Å²) in [6.45, 7) is 3.98. The number of nitrogens with zero attached hydrogens (tertiary/aromatic N) is 1. The predicted molar refractivity (Wildman–Crippen MR) is 114 cm³/mol. The smallest absolute Gasteiger partial charge is 0.339 e. The number of rotatable bonds is 6. The number of aliphatic imine (C=N–C) groups is 1. The van der Waals surface area contributed by atoms with Crippen molar-refractivity contribution >= 4 is 33.6 Å². The van der Waals surface area contributed by atoms with Crippen LogP contribution in [0.25, 0.3) is 0 Å². The van der Waals surface area contributed by atoms with Crippen molar-refractivity contribution in [2.24, 2.45) is 4.99 Å². The van der Waals surface area contributed by atoms with E-state index in [1.54, 1.807) is 30.5 Å². The van der Waals surface area contributed by atoms with Crippen LogP contribution < -0.4 is 4.18 Å². The van der Waals surface area contributed by atoms with Crippen LogP contribution in [0, 0.1) is 6.92 Å². The summed E-state index contributed by atoms with van der Waals surface area (Å²) in [6.07, 6.45) is 2.65. The minimum atomic E-state index is -3.95. The van der Waals surface area contributed by atoms with Gasteiger partial charge >= 0.3 is 10.1 Å². The van der Waals surface area contributed by atoms with Gasteiger partial charge in [0.2, 0.25) is 0 Å². The van der Waals surface area contributed by atoms with E-state index in [1.807, 2.05) is 31.2 Å². The number of halogens is 1. The van der Waals surface area contributed by atoms with Gasteiger partial charge < -0.3 is 4.18 Å². The van der Waals surface area contributed by atoms with Gasteiger partial charge in [-0.15, -0.1) is 0 Å². The quantitative estimate of drug-likeness (QED) is 0.383. The van der Waals surface area contributed by atoms with Crippen molar-refractivity contribution in [1.29, 1.82) is 0 Å². The van der Waals surface area contributed by atoms with E-state index in [0.29, 0.717) is 0 Å². The van der Waals surface area contributed by atoms with E-state index in [1.165, 1.54) is 23.8 Å². The first-order valence-electron chi connectivity index (χ1n) is 8.81. The molecule has 3 aromatic carbocycles. The van der Waals surface area contributed by atoms with E-state index in [4.69, 9.17) is 15.8 Å². The molecule has 0 radical (unpaired) electrons. The zero-order valence-corrected chi connectivity index (χ0v) is 17.2. The molecule has 144 valence electrons. The Morgan fingerprint density at radius 3 is 2.29 bits per heavy atom. The predicted octanol–water partition coefficient (Wildman–Crippen LogP) is 5.73. The molecule has 0 saturated heterocycles. The molecule has 0 saturated carbocycles. The molecule has 0 N–H and O–H groups in total. The van der Waals surface area contributed by atoms with E-state index in [0.717, 1.165) is 23.2 Å². The van der Waals surface area contributed by atoms with Crippen LogP contribution in [0.4, 0.5) is 5.69 Å². The second-order valence-electron chi connectivity index (χ2n) is 6.32. The molecule has 0 aliphatic heterocycles. The summed E-state index contributed by atoms with van der Waals surface area (Å²) in [6, 6.07) is 19.2. The highest BCUT2D eigenvalue weighted by molar-refractivity contribution is 7.87. The topological polar surface area (TPSA) is 55.7 Å². The van der Waals surface area contributed by atoms with Crippen LogP contribution in [0.1, 0.15) is 23.6 Å². The third kappa shape index (κ3) is 5.00. The van der Waals surface area contributed by atoms with Gasteiger partial charge in [0.25, 0.3) is 0 Å². The molecule has 3 rings (SSSR count). The second-order valence-corrected chi connectivity index (χ2v) is 8.27. The molecule has 0 unspecified atom stereocenters. The lowest BCUT2D eigenvalue weighted by Gasteiger charge is -2.09. The third-order valence-corrected chi connectivity index (χ3v) is 5.72. The Bertz CT molecular complexity index is 1090. The Morgan fingerprint density at radius 1 is 1.00 bits per heavy atom. The highest BCUT2D eigenvalue weighted by Crippen LogP contribution is 2.28. The molecule has 0 amide bonds. The van der Waals surface area contributed by atoms with Crippen LogP contribution in [-0.4, -0.2) is 14.6 Å². The summed E-state index contributed by atoms with van der Waals surface area (Å²) in [7, 11) is -3.95. The number of hydrogen-bond acceptors (Lipinski definition) is 4. The Hall–Kier alpha value is -2.63. The lowest BCUT2D eigenvalue weighted by atomic mass is 10.1. The molecular weight excluding hydrogens is 394 g/mol. The van der Waals surface area contributed by atoms with Crippen LogP contribution in [0.2, 0.25) is 5.02 Å². The SMILES string of the molecule is CCc1ccc(N=Cc2ccc(OS(=O)(=O)c3ccc(C)cc3)c(Cl)c2)cc1. The van der Waals surface area contributed by atoms with Gasteiger partial charge in [-0.1, -0.05) is 48.4 Å². The maximum Gasteiger partial charge on any atom is 0.339 e. The normalized spacial score (nSPS) is 11.7. The van der Waals surface area contributed by atoms with Gasteiger partial charge in [0.05, 0.1) is 10.7 Å². The van der Waals surface area contributed by atoms with Gasteiger partial charge in [-0.25, -0.2) is 0 Å². The highest BCUT2D eigenvalue weighted by atomic mass is 35.5. The molecule has 0 atom stereocenters. The zero-order valence-electron chi connectivity index (χ0n) is 15.6. The molecule has 4 nitrogen and oxygen atoms in total. The minimum Gasteiger partial charge on any atom is -0.377 e. The highest BCUT2D eigenvalue weighted by Gasteiger charge is 2.18. The first kappa shape index (κ1) is 20.1. The van der Waals surface area contributed by atoms with Crippen LogP contribution in [0.5, 0.6) is 5.75 Å². The van der Waals surface area contributed by atoms with Gasteiger partial charge in [0.1, 0.15) is 4.90 Å². The van der Waals surface area contributed by atoms with Crippen molar-refractivity contribution in [3.05, 3.63) is 88.4 Å². The van der Waals surface area contributed by atoms with Gasteiger partial charge in [0.15, 0.2) is 5.75 Å². The van der Waals surface area contributed by atoms with Crippen LogP contribution in [0.15, 0.2) is 76.6 Å². The molecule has 0 aliphatic rings. The van der Waals surface area contributed by atoms with Crippen molar-refractivity contribution < 1.29 is 12.6 Å². The fourth-order valence-electron chi connectivity index (χ4n) is 2.50. The van der Waals surface area contributed by atoms with Crippen molar-refractivity contribution in [3.63, 3.8) is 0 Å². The van der Waals surface area contributed by atoms with Crippen molar-refractivity contribution in [1.82, 2.24) is 0 Å². The summed E-state index contributed by atoms with van der Waals surface area (Å²) < 4.78 is 30.0. The zero-order chi connectivity index (χ0) is 20.1. The summed E-state index contributed by atoms with van der Waals surface area (Å²) in [5.74, 6) is 0.0756. The van der Waals surface area contributed by atoms with Gasteiger partial charge in [-0.3, -0.25) is 4.99 Å². The second kappa shape index (κ2) is 8.59. The molecule has 0 aliphatic carbocycles. The Balaban J connectivity index is 1.76. The standard InChI is InChI=1S/C22H20ClNO3S/c1-3-17-6-9-19(10-7-17)24-15-18-8-13-22(21(23)14-18)27-28(25,26)20-11-4-16(2)5-12-20/h4-15H,3H2,1-2H3. The average molecular weight is 414 g/mol. The van der Waals surface area contributed by atoms with Crippen LogP contribution in [-0.2, 0) is 16.5 Å². The Morgan fingerprint density at radius 2 is 1.68 bits per heavy atom. The maximum atomic E-state index is 12.4. The van der Waals surface area contributed by atoms with Crippen molar-refractivity contribution in [2.75, 3.05) is 0 Å². The summed E-state index contributed by atoms with van der Waals surface area (Å²) in [5.41, 5.74) is 3.78.